The molecule has 0 radical (unpaired) electrons. The number of aromatic nitrogens is 2. The van der Waals surface area contributed by atoms with E-state index in [0.29, 0.717) is 36.7 Å². The van der Waals surface area contributed by atoms with E-state index in [9.17, 15) is 19.7 Å². The van der Waals surface area contributed by atoms with Crippen molar-refractivity contribution in [2.75, 3.05) is 10.6 Å². The van der Waals surface area contributed by atoms with Crippen molar-refractivity contribution in [3.63, 3.8) is 0 Å². The molecule has 0 fully saturated rings. The van der Waals surface area contributed by atoms with Gasteiger partial charge < -0.3 is 5.32 Å². The number of hydrogen-bond donors (Lipinski definition) is 2. The lowest BCUT2D eigenvalue weighted by Crippen LogP contribution is -2.13. The van der Waals surface area contributed by atoms with E-state index in [0.717, 1.165) is 21.4 Å². The fraction of sp³-hybridized carbons (Fsp3) is 0. The lowest BCUT2D eigenvalue weighted by atomic mass is 10.2. The summed E-state index contributed by atoms with van der Waals surface area (Å²) in [6.07, 6.45) is 0. The second-order valence-electron chi connectivity index (χ2n) is 7.59. The topological polar surface area (TPSA) is 127 Å². The van der Waals surface area contributed by atoms with E-state index in [4.69, 9.17) is 23.2 Å². The van der Waals surface area contributed by atoms with Crippen molar-refractivity contribution < 1.29 is 14.5 Å². The average molecular weight is 570 g/mol. The van der Waals surface area contributed by atoms with Gasteiger partial charge in [-0.3, -0.25) is 25.0 Å². The molecule has 2 heterocycles. The minimum Gasteiger partial charge on any atom is -0.321 e. The molecular weight excluding hydrogens is 557 g/mol. The van der Waals surface area contributed by atoms with Crippen LogP contribution >= 0.6 is 45.9 Å². The Morgan fingerprint density at radius 3 is 2.30 bits per heavy atom. The molecule has 0 spiro atoms. The lowest BCUT2D eigenvalue weighted by Gasteiger charge is -2.06. The highest BCUT2D eigenvalue weighted by atomic mass is 35.5. The van der Waals surface area contributed by atoms with Gasteiger partial charge in [0, 0.05) is 44.1 Å². The summed E-state index contributed by atoms with van der Waals surface area (Å²) in [6, 6.07) is 17.5. The summed E-state index contributed by atoms with van der Waals surface area (Å²) in [5.41, 5.74) is 1.45. The van der Waals surface area contributed by atoms with Crippen molar-refractivity contribution in [2.24, 2.45) is 0 Å². The maximum atomic E-state index is 12.8. The monoisotopic (exact) mass is 569 g/mol. The van der Waals surface area contributed by atoms with Crippen LogP contribution in [0.3, 0.4) is 0 Å². The summed E-state index contributed by atoms with van der Waals surface area (Å²) >= 11 is 14.8. The van der Waals surface area contributed by atoms with Gasteiger partial charge in [-0.2, -0.15) is 0 Å². The maximum absolute atomic E-state index is 12.8. The van der Waals surface area contributed by atoms with Crippen LogP contribution in [0.4, 0.5) is 16.5 Å². The molecule has 0 aliphatic carbocycles. The Kier molecular flexibility index (Phi) is 6.85. The molecular formula is C24H13Cl2N5O4S2. The normalized spacial score (nSPS) is 10.9. The van der Waals surface area contributed by atoms with Crippen LogP contribution in [0.1, 0.15) is 20.0 Å². The van der Waals surface area contributed by atoms with Crippen LogP contribution in [0.2, 0.25) is 10.0 Å². The SMILES string of the molecule is O=C(Nc1nnc(-c2ccc([N+](=O)[O-])cc2)s1)c1ccc(NC(=O)c2sc3cc(Cl)ccc3c2Cl)cc1. The molecule has 37 heavy (non-hydrogen) atoms. The van der Waals surface area contributed by atoms with Gasteiger partial charge in [-0.25, -0.2) is 0 Å². The molecule has 2 aromatic heterocycles. The number of nitrogens with zero attached hydrogens (tertiary/aromatic N) is 3. The Balaban J connectivity index is 1.24. The molecule has 2 N–H and O–H groups in total. The second-order valence-corrected chi connectivity index (χ2v) is 10.4. The molecule has 0 saturated heterocycles. The van der Waals surface area contributed by atoms with Crippen LogP contribution in [0.25, 0.3) is 20.7 Å². The number of thiophene rings is 1. The Bertz CT molecular complexity index is 1670. The second kappa shape index (κ2) is 10.2. The van der Waals surface area contributed by atoms with Crippen LogP contribution in [-0.2, 0) is 0 Å². The molecule has 0 saturated carbocycles. The highest BCUT2D eigenvalue weighted by Gasteiger charge is 2.18. The molecule has 5 rings (SSSR count). The molecule has 184 valence electrons. The Morgan fingerprint density at radius 2 is 1.59 bits per heavy atom. The number of hydrogen-bond acceptors (Lipinski definition) is 8. The number of benzene rings is 3. The predicted molar refractivity (Wildman–Crippen MR) is 146 cm³/mol. The van der Waals surface area contributed by atoms with Gasteiger partial charge in [-0.15, -0.1) is 21.5 Å². The van der Waals surface area contributed by atoms with Gasteiger partial charge in [0.1, 0.15) is 9.88 Å². The summed E-state index contributed by atoms with van der Waals surface area (Å²) in [5, 5.41) is 26.7. The van der Waals surface area contributed by atoms with Gasteiger partial charge in [-0.05, 0) is 48.5 Å². The van der Waals surface area contributed by atoms with Crippen molar-refractivity contribution in [3.05, 3.63) is 97.3 Å². The third-order valence-corrected chi connectivity index (χ3v) is 7.95. The third kappa shape index (κ3) is 5.30. The molecule has 0 bridgehead atoms. The summed E-state index contributed by atoms with van der Waals surface area (Å²) < 4.78 is 0.808. The first-order valence-corrected chi connectivity index (χ1v) is 12.9. The zero-order valence-corrected chi connectivity index (χ0v) is 21.5. The number of halogens is 2. The first kappa shape index (κ1) is 24.8. The van der Waals surface area contributed by atoms with Crippen molar-refractivity contribution in [1.29, 1.82) is 0 Å². The van der Waals surface area contributed by atoms with Gasteiger partial charge >= 0.3 is 0 Å². The number of nitrogens with one attached hydrogen (secondary N) is 2. The summed E-state index contributed by atoms with van der Waals surface area (Å²) in [4.78, 5) is 36.1. The van der Waals surface area contributed by atoms with E-state index in [1.807, 2.05) is 0 Å². The molecule has 3 aromatic carbocycles. The number of rotatable bonds is 6. The van der Waals surface area contributed by atoms with Gasteiger partial charge in [0.15, 0.2) is 0 Å². The van der Waals surface area contributed by atoms with E-state index in [2.05, 4.69) is 20.8 Å². The molecule has 13 heteroatoms. The van der Waals surface area contributed by atoms with Gasteiger partial charge in [0.2, 0.25) is 5.13 Å². The largest absolute Gasteiger partial charge is 0.321 e. The number of fused-ring (bicyclic) bond motifs is 1. The Morgan fingerprint density at radius 1 is 0.865 bits per heavy atom. The highest BCUT2D eigenvalue weighted by Crippen LogP contribution is 2.37. The van der Waals surface area contributed by atoms with Crippen molar-refractivity contribution >= 4 is 84.3 Å². The fourth-order valence-electron chi connectivity index (χ4n) is 3.36. The van der Waals surface area contributed by atoms with E-state index >= 15 is 0 Å². The van der Waals surface area contributed by atoms with E-state index in [1.54, 1.807) is 54.6 Å². The quantitative estimate of drug-likeness (QED) is 0.165. The zero-order valence-electron chi connectivity index (χ0n) is 18.4. The number of non-ortho nitro benzene ring substituents is 1. The summed E-state index contributed by atoms with van der Waals surface area (Å²) in [5.74, 6) is -0.777. The smallest absolute Gasteiger partial charge is 0.269 e. The average Bonchev–Trinajstić information content (AvgIpc) is 3.48. The summed E-state index contributed by atoms with van der Waals surface area (Å²) in [6.45, 7) is 0. The fourth-order valence-corrected chi connectivity index (χ4v) is 5.80. The standard InChI is InChI=1S/C24H13Cl2N5O4S2/c25-14-5-10-17-18(11-14)36-20(19(17)26)22(33)27-15-6-1-12(2-7-15)21(32)28-24-30-29-23(37-24)13-3-8-16(9-4-13)31(34)35/h1-11H,(H,27,33)(H,28,30,32). The minimum atomic E-state index is -0.484. The molecule has 0 aliphatic rings. The molecule has 5 aromatic rings. The number of amides is 2. The highest BCUT2D eigenvalue weighted by molar-refractivity contribution is 7.21. The van der Waals surface area contributed by atoms with Crippen LogP contribution in [0, 0.1) is 10.1 Å². The van der Waals surface area contributed by atoms with Crippen molar-refractivity contribution in [2.45, 2.75) is 0 Å². The van der Waals surface area contributed by atoms with E-state index < -0.39 is 10.8 Å². The lowest BCUT2D eigenvalue weighted by molar-refractivity contribution is -0.384. The first-order valence-electron chi connectivity index (χ1n) is 10.5. The van der Waals surface area contributed by atoms with E-state index in [1.165, 1.54) is 23.5 Å². The predicted octanol–water partition coefficient (Wildman–Crippen LogP) is 7.14. The molecule has 0 aliphatic heterocycles. The Hall–Kier alpha value is -3.90. The number of carbonyl (C=O) groups is 2. The first-order chi connectivity index (χ1) is 17.8. The summed E-state index contributed by atoms with van der Waals surface area (Å²) in [7, 11) is 0. The van der Waals surface area contributed by atoms with Crippen LogP contribution in [0.15, 0.2) is 66.7 Å². The number of anilines is 2. The van der Waals surface area contributed by atoms with Crippen molar-refractivity contribution in [3.8, 4) is 10.6 Å². The van der Waals surface area contributed by atoms with Crippen LogP contribution in [0.5, 0.6) is 0 Å². The van der Waals surface area contributed by atoms with E-state index in [-0.39, 0.29) is 16.7 Å². The molecule has 0 atom stereocenters. The maximum Gasteiger partial charge on any atom is 0.269 e. The number of nitro benzene ring substituents is 1. The third-order valence-electron chi connectivity index (χ3n) is 5.17. The number of nitro groups is 1. The van der Waals surface area contributed by atoms with Crippen LogP contribution < -0.4 is 10.6 Å². The Labute approximate surface area is 226 Å². The van der Waals surface area contributed by atoms with Crippen molar-refractivity contribution in [1.82, 2.24) is 10.2 Å². The van der Waals surface area contributed by atoms with Gasteiger partial charge in [0.05, 0.1) is 9.95 Å². The van der Waals surface area contributed by atoms with Gasteiger partial charge in [0.25, 0.3) is 17.5 Å². The van der Waals surface area contributed by atoms with Crippen LogP contribution in [-0.4, -0.2) is 26.9 Å². The molecule has 9 nitrogen and oxygen atoms in total. The minimum absolute atomic E-state index is 0.0294. The number of carbonyl (C=O) groups excluding carboxylic acids is 2. The molecule has 0 unspecified atom stereocenters. The molecule has 2 amide bonds. The van der Waals surface area contributed by atoms with Gasteiger partial charge in [-0.1, -0.05) is 40.6 Å². The zero-order chi connectivity index (χ0) is 26.1.